The third kappa shape index (κ3) is 0.234. The first-order valence-electron chi connectivity index (χ1n) is 1.14. The fourth-order valence-electron chi connectivity index (χ4n) is 0.150. The summed E-state index contributed by atoms with van der Waals surface area (Å²) in [6.07, 6.45) is 0. The Balaban J connectivity index is 3.10. The van der Waals surface area contributed by atoms with Crippen LogP contribution in [0.4, 0.5) is 0 Å². The van der Waals surface area contributed by atoms with Gasteiger partial charge in [0.15, 0.2) is 0 Å². The fraction of sp³-hybridized carbons (Fsp3) is 0. The van der Waals surface area contributed by atoms with Crippen molar-refractivity contribution >= 4 is 28.3 Å². The highest BCUT2D eigenvalue weighted by atomic mass is 33.3. The fourth-order valence-corrected chi connectivity index (χ4v) is 28.3. The van der Waals surface area contributed by atoms with Crippen LogP contribution in [0.3, 0.4) is 0 Å². The van der Waals surface area contributed by atoms with Crippen molar-refractivity contribution in [3.63, 3.8) is 0 Å². The molecule has 0 amide bonds. The van der Waals surface area contributed by atoms with Gasteiger partial charge in [-0.2, -0.15) is 0 Å². The average Bonchev–Trinajstić information content (AvgIpc) is 1.36. The first-order chi connectivity index (χ1) is 1.97. The van der Waals surface area contributed by atoms with E-state index in [2.05, 4.69) is 0 Å². The summed E-state index contributed by atoms with van der Waals surface area (Å²) in [5.74, 6) is 0. The van der Waals surface area contributed by atoms with Crippen LogP contribution in [0.25, 0.3) is 0 Å². The second kappa shape index (κ2) is 0.597. The molecule has 0 fully saturated rings. The molecule has 0 aromatic rings. The van der Waals surface area contributed by atoms with E-state index in [9.17, 15) is 0 Å². The van der Waals surface area contributed by atoms with E-state index >= 15 is 0 Å². The van der Waals surface area contributed by atoms with Gasteiger partial charge in [-0.05, 0) is 13.2 Å². The van der Waals surface area contributed by atoms with E-state index in [0.29, 0.717) is 13.2 Å². The Bertz CT molecular complexity index is 94.5. The Kier molecular flexibility index (Phi) is 0.388. The van der Waals surface area contributed by atoms with E-state index in [0.717, 1.165) is 0 Å². The molecule has 4 heteroatoms. The summed E-state index contributed by atoms with van der Waals surface area (Å²) < 4.78 is 0. The molecule has 0 spiro atoms. The minimum absolute atomic E-state index is 0.583. The van der Waals surface area contributed by atoms with Crippen LogP contribution in [0.15, 0.2) is 0 Å². The monoisotopic (exact) mass is 126 g/mol. The molecular weight excluding hydrogens is 124 g/mol. The maximum Gasteiger partial charge on any atom is -0.0132 e. The molecule has 0 nitrogen and oxygen atoms in total. The first kappa shape index (κ1) is 2.60. The van der Waals surface area contributed by atoms with Crippen molar-refractivity contribution in [2.24, 2.45) is 0 Å². The van der Waals surface area contributed by atoms with Crippen molar-refractivity contribution in [3.05, 3.63) is 0 Å². The molecule has 0 saturated carbocycles. The predicted octanol–water partition coefficient (Wildman–Crippen LogP) is 2.91. The lowest BCUT2D eigenvalue weighted by molar-refractivity contribution is 5.64. The van der Waals surface area contributed by atoms with Crippen molar-refractivity contribution < 1.29 is 0 Å². The molecule has 0 saturated heterocycles. The van der Waals surface area contributed by atoms with Crippen LogP contribution in [0.1, 0.15) is 0 Å². The molecule has 0 N–H and O–H groups in total. The first-order valence-corrected chi connectivity index (χ1v) is 10.3. The zero-order chi connectivity index (χ0) is 2.57. The third-order valence-electron chi connectivity index (χ3n) is 0.524. The highest BCUT2D eigenvalue weighted by Crippen LogP contribution is 3.14. The molecule has 0 aromatic carbocycles. The van der Waals surface area contributed by atoms with Gasteiger partial charge in [0.2, 0.25) is 0 Å². The Labute approximate surface area is 29.1 Å². The summed E-state index contributed by atoms with van der Waals surface area (Å²) in [7, 11) is 3.91. The van der Waals surface area contributed by atoms with E-state index in [1.54, 1.807) is 0 Å². The number of rotatable bonds is 0. The molecule has 2 aliphatic rings. The molecule has 0 aliphatic carbocycles. The van der Waals surface area contributed by atoms with E-state index < -0.39 is 0 Å². The quantitative estimate of drug-likeness (QED) is 0.437. The van der Waals surface area contributed by atoms with Crippen LogP contribution in [0.2, 0.25) is 0 Å². The second-order valence-electron chi connectivity index (χ2n) is 0.871. The Morgan fingerprint density at radius 1 is 1.00 bits per heavy atom. The van der Waals surface area contributed by atoms with E-state index in [1.165, 1.54) is 0 Å². The van der Waals surface area contributed by atoms with Crippen molar-refractivity contribution in [3.8, 4) is 0 Å². The lowest BCUT2D eigenvalue weighted by Gasteiger charge is -1.32. The van der Waals surface area contributed by atoms with Crippen molar-refractivity contribution in [2.75, 3.05) is 0 Å². The Morgan fingerprint density at radius 2 is 1.25 bits per heavy atom. The van der Waals surface area contributed by atoms with E-state index in [4.69, 9.17) is 0 Å². The van der Waals surface area contributed by atoms with Crippen LogP contribution < -0.4 is 0 Å². The van der Waals surface area contributed by atoms with Gasteiger partial charge in [0.25, 0.3) is 0 Å². The minimum Gasteiger partial charge on any atom is -0.0636 e. The van der Waals surface area contributed by atoms with Crippen LogP contribution in [-0.2, 0) is 0 Å². The zero-order valence-electron chi connectivity index (χ0n) is 1.89. The van der Waals surface area contributed by atoms with Gasteiger partial charge in [-0.15, -0.1) is 0 Å². The van der Waals surface area contributed by atoms with Gasteiger partial charge < -0.3 is 0 Å². The van der Waals surface area contributed by atoms with Crippen LogP contribution in [0.5, 0.6) is 0 Å². The van der Waals surface area contributed by atoms with Crippen molar-refractivity contribution in [2.45, 2.75) is 0 Å². The van der Waals surface area contributed by atoms with Crippen molar-refractivity contribution in [1.82, 2.24) is 0 Å². The highest BCUT2D eigenvalue weighted by Gasteiger charge is 2.25. The minimum atomic E-state index is 0.583. The third-order valence-corrected chi connectivity index (χ3v) is 30.3. The van der Waals surface area contributed by atoms with Crippen LogP contribution in [0, 0.1) is 0 Å². The Hall–Kier alpha value is 1.46. The molecular formula is H2P4. The van der Waals surface area contributed by atoms with Gasteiger partial charge in [-0.25, -0.2) is 0 Å². The van der Waals surface area contributed by atoms with Gasteiger partial charge in [0.05, 0.1) is 0 Å². The molecule has 22 valence electrons. The number of fused-ring (bicyclic) bond motifs is 1. The summed E-state index contributed by atoms with van der Waals surface area (Å²) >= 11 is 0. The second-order valence-corrected chi connectivity index (χ2v) is 23.5. The summed E-state index contributed by atoms with van der Waals surface area (Å²) in [5.41, 5.74) is 0. The number of hydrogen-bond acceptors (Lipinski definition) is 0. The van der Waals surface area contributed by atoms with Gasteiger partial charge in [-0.1, -0.05) is 15.1 Å². The normalized spacial score (nSPS) is 70.0. The molecule has 0 aromatic heterocycles. The molecule has 0 unspecified atom stereocenters. The number of hydrogen-bond donors (Lipinski definition) is 0. The Morgan fingerprint density at radius 3 is 1.25 bits per heavy atom. The van der Waals surface area contributed by atoms with Crippen LogP contribution >= 0.6 is 28.3 Å². The maximum absolute atomic E-state index is 1.95. The largest absolute Gasteiger partial charge is 0.0636 e. The van der Waals surface area contributed by atoms with Crippen molar-refractivity contribution in [1.29, 1.82) is 0 Å². The van der Waals surface area contributed by atoms with Gasteiger partial charge in [-0.3, -0.25) is 0 Å². The van der Waals surface area contributed by atoms with Gasteiger partial charge in [0.1, 0.15) is 0 Å². The van der Waals surface area contributed by atoms with E-state index in [1.807, 2.05) is 15.1 Å². The lowest BCUT2D eigenvalue weighted by Crippen LogP contribution is -0.417. The summed E-state index contributed by atoms with van der Waals surface area (Å²) in [6.45, 7) is 1.17. The predicted molar refractivity (Wildman–Crippen MR) is 30.5 cm³/mol. The molecule has 0 atom stereocenters. The average molecular weight is 126 g/mol. The highest BCUT2D eigenvalue weighted by molar-refractivity contribution is 9.20. The summed E-state index contributed by atoms with van der Waals surface area (Å²) in [6, 6.07) is 0. The molecule has 2 aliphatic heterocycles. The van der Waals surface area contributed by atoms with Gasteiger partial charge >= 0.3 is 0 Å². The summed E-state index contributed by atoms with van der Waals surface area (Å²) in [4.78, 5) is 0. The topological polar surface area (TPSA) is 0 Å². The van der Waals surface area contributed by atoms with Crippen LogP contribution in [-0.4, -0.2) is 0 Å². The molecule has 4 heavy (non-hydrogen) atoms. The summed E-state index contributed by atoms with van der Waals surface area (Å²) in [5, 5.41) is 0. The maximum atomic E-state index is 1.95. The molecule has 2 rings (SSSR count). The standard InChI is InChI=1S/H2P4/c1-3-2-4(1)3/h3-4H. The molecule has 0 bridgehead atoms. The van der Waals surface area contributed by atoms with E-state index in [-0.39, 0.29) is 0 Å². The SMILES string of the molecule is P1=[PH]2P=[PH]12. The zero-order valence-corrected chi connectivity index (χ0v) is 5.68. The molecule has 0 radical (unpaired) electrons. The van der Waals surface area contributed by atoms with Gasteiger partial charge in [0, 0.05) is 0 Å². The smallest absolute Gasteiger partial charge is 0.0132 e. The molecule has 2 heterocycles. The lowest BCUT2D eigenvalue weighted by atomic mass is 29.7.